The monoisotopic (exact) mass is 274 g/mol. The number of hydrogen-bond donors (Lipinski definition) is 1. The lowest BCUT2D eigenvalue weighted by molar-refractivity contribution is -0.132. The molecule has 2 atom stereocenters. The van der Waals surface area contributed by atoms with Crippen molar-refractivity contribution in [3.8, 4) is 0 Å². The lowest BCUT2D eigenvalue weighted by atomic mass is 10.1. The van der Waals surface area contributed by atoms with E-state index in [1.165, 1.54) is 0 Å². The zero-order valence-corrected chi connectivity index (χ0v) is 11.7. The minimum atomic E-state index is -2.96. The fourth-order valence-corrected chi connectivity index (χ4v) is 4.70. The minimum absolute atomic E-state index is 0.0668. The van der Waals surface area contributed by atoms with Crippen LogP contribution in [0.1, 0.15) is 32.1 Å². The largest absolute Gasteiger partial charge is 0.340 e. The van der Waals surface area contributed by atoms with Crippen molar-refractivity contribution in [2.45, 2.75) is 43.4 Å². The normalized spacial score (nSPS) is 32.5. The predicted molar refractivity (Wildman–Crippen MR) is 70.1 cm³/mol. The highest BCUT2D eigenvalue weighted by atomic mass is 32.2. The van der Waals surface area contributed by atoms with E-state index in [0.29, 0.717) is 19.5 Å². The van der Waals surface area contributed by atoms with E-state index < -0.39 is 9.84 Å². The van der Waals surface area contributed by atoms with E-state index in [1.807, 2.05) is 0 Å². The SMILES string of the molecule is CNC1CCCCN(CC2CCCS2(=O)=O)C1=O. The maximum Gasteiger partial charge on any atom is 0.239 e. The first-order chi connectivity index (χ1) is 8.54. The molecular weight excluding hydrogens is 252 g/mol. The zero-order chi connectivity index (χ0) is 13.2. The number of likely N-dealkylation sites (tertiary alicyclic amines) is 1. The third kappa shape index (κ3) is 2.85. The van der Waals surface area contributed by atoms with Crippen molar-refractivity contribution in [2.24, 2.45) is 0 Å². The minimum Gasteiger partial charge on any atom is -0.340 e. The highest BCUT2D eigenvalue weighted by Crippen LogP contribution is 2.22. The first-order valence-corrected chi connectivity index (χ1v) is 8.44. The van der Waals surface area contributed by atoms with Crippen LogP contribution in [0, 0.1) is 0 Å². The van der Waals surface area contributed by atoms with Crippen LogP contribution in [-0.4, -0.2) is 56.4 Å². The molecular formula is C12H22N2O3S. The van der Waals surface area contributed by atoms with Gasteiger partial charge in [0.15, 0.2) is 9.84 Å². The molecule has 6 heteroatoms. The van der Waals surface area contributed by atoms with Gasteiger partial charge in [-0.2, -0.15) is 0 Å². The second-order valence-electron chi connectivity index (χ2n) is 5.25. The number of sulfone groups is 1. The van der Waals surface area contributed by atoms with Gasteiger partial charge in [0.1, 0.15) is 0 Å². The summed E-state index contributed by atoms with van der Waals surface area (Å²) in [7, 11) is -1.17. The molecule has 2 unspecified atom stereocenters. The Kier molecular flexibility index (Phi) is 4.27. The molecule has 2 aliphatic heterocycles. The summed E-state index contributed by atoms with van der Waals surface area (Å²) < 4.78 is 23.7. The highest BCUT2D eigenvalue weighted by Gasteiger charge is 2.35. The summed E-state index contributed by atoms with van der Waals surface area (Å²) in [6.07, 6.45) is 4.28. The number of carbonyl (C=O) groups excluding carboxylic acids is 1. The molecule has 0 aromatic heterocycles. The maximum absolute atomic E-state index is 12.2. The molecule has 2 saturated heterocycles. The smallest absolute Gasteiger partial charge is 0.239 e. The summed E-state index contributed by atoms with van der Waals surface area (Å²) in [6.45, 7) is 1.09. The summed E-state index contributed by atoms with van der Waals surface area (Å²) in [4.78, 5) is 14.0. The van der Waals surface area contributed by atoms with Crippen molar-refractivity contribution in [2.75, 3.05) is 25.9 Å². The molecule has 0 aromatic rings. The number of rotatable bonds is 3. The van der Waals surface area contributed by atoms with Crippen LogP contribution in [0.25, 0.3) is 0 Å². The Balaban J connectivity index is 2.05. The third-order valence-corrected chi connectivity index (χ3v) is 6.27. The number of hydrogen-bond acceptors (Lipinski definition) is 4. The fraction of sp³-hybridized carbons (Fsp3) is 0.917. The van der Waals surface area contributed by atoms with Crippen LogP contribution in [0.3, 0.4) is 0 Å². The molecule has 1 amide bonds. The van der Waals surface area contributed by atoms with Crippen LogP contribution in [0.5, 0.6) is 0 Å². The topological polar surface area (TPSA) is 66.5 Å². The second kappa shape index (κ2) is 5.57. The van der Waals surface area contributed by atoms with Gasteiger partial charge < -0.3 is 10.2 Å². The van der Waals surface area contributed by atoms with Crippen molar-refractivity contribution < 1.29 is 13.2 Å². The molecule has 2 aliphatic rings. The Morgan fingerprint density at radius 3 is 2.67 bits per heavy atom. The van der Waals surface area contributed by atoms with Crippen LogP contribution in [0.4, 0.5) is 0 Å². The average molecular weight is 274 g/mol. The standard InChI is InChI=1S/C12H22N2O3S/c1-13-11-6-2-3-7-14(12(11)15)9-10-5-4-8-18(10,16)17/h10-11,13H,2-9H2,1H3. The van der Waals surface area contributed by atoms with Gasteiger partial charge in [-0.15, -0.1) is 0 Å². The lowest BCUT2D eigenvalue weighted by Crippen LogP contribution is -2.47. The van der Waals surface area contributed by atoms with Crippen molar-refractivity contribution >= 4 is 15.7 Å². The van der Waals surface area contributed by atoms with Crippen molar-refractivity contribution in [3.05, 3.63) is 0 Å². The molecule has 2 heterocycles. The van der Waals surface area contributed by atoms with Crippen LogP contribution < -0.4 is 5.32 Å². The highest BCUT2D eigenvalue weighted by molar-refractivity contribution is 7.92. The molecule has 5 nitrogen and oxygen atoms in total. The van der Waals surface area contributed by atoms with Gasteiger partial charge in [0, 0.05) is 13.1 Å². The van der Waals surface area contributed by atoms with Crippen LogP contribution >= 0.6 is 0 Å². The molecule has 0 aromatic carbocycles. The zero-order valence-electron chi connectivity index (χ0n) is 10.9. The van der Waals surface area contributed by atoms with E-state index in [-0.39, 0.29) is 23.0 Å². The van der Waals surface area contributed by atoms with E-state index in [0.717, 1.165) is 25.7 Å². The Morgan fingerprint density at radius 2 is 2.06 bits per heavy atom. The quantitative estimate of drug-likeness (QED) is 0.796. The molecule has 0 aliphatic carbocycles. The van der Waals surface area contributed by atoms with Crippen LogP contribution in [0.15, 0.2) is 0 Å². The number of nitrogens with one attached hydrogen (secondary N) is 1. The molecule has 2 fully saturated rings. The third-order valence-electron chi connectivity index (χ3n) is 4.02. The van der Waals surface area contributed by atoms with E-state index in [2.05, 4.69) is 5.32 Å². The lowest BCUT2D eigenvalue weighted by Gasteiger charge is -2.26. The van der Waals surface area contributed by atoms with Gasteiger partial charge in [-0.1, -0.05) is 0 Å². The average Bonchev–Trinajstić information content (AvgIpc) is 2.55. The van der Waals surface area contributed by atoms with E-state index in [4.69, 9.17) is 0 Å². The molecule has 0 radical (unpaired) electrons. The molecule has 104 valence electrons. The number of likely N-dealkylation sites (N-methyl/N-ethyl adjacent to an activating group) is 1. The molecule has 18 heavy (non-hydrogen) atoms. The molecule has 1 N–H and O–H groups in total. The Bertz CT molecular complexity index is 408. The van der Waals surface area contributed by atoms with Crippen molar-refractivity contribution in [1.29, 1.82) is 0 Å². The predicted octanol–water partition coefficient (Wildman–Crippen LogP) is 0.164. The van der Waals surface area contributed by atoms with E-state index in [9.17, 15) is 13.2 Å². The summed E-state index contributed by atoms with van der Waals surface area (Å²) in [5.41, 5.74) is 0. The van der Waals surface area contributed by atoms with Crippen LogP contribution in [0.2, 0.25) is 0 Å². The van der Waals surface area contributed by atoms with Gasteiger partial charge >= 0.3 is 0 Å². The van der Waals surface area contributed by atoms with Crippen molar-refractivity contribution in [3.63, 3.8) is 0 Å². The summed E-state index contributed by atoms with van der Waals surface area (Å²) >= 11 is 0. The van der Waals surface area contributed by atoms with Crippen molar-refractivity contribution in [1.82, 2.24) is 10.2 Å². The second-order valence-corrected chi connectivity index (χ2v) is 7.65. The van der Waals surface area contributed by atoms with Gasteiger partial charge in [-0.3, -0.25) is 4.79 Å². The summed E-state index contributed by atoms with van der Waals surface area (Å²) in [5, 5.41) is 2.69. The van der Waals surface area contributed by atoms with Gasteiger partial charge in [0.05, 0.1) is 17.0 Å². The first kappa shape index (κ1) is 13.8. The van der Waals surface area contributed by atoms with E-state index in [1.54, 1.807) is 11.9 Å². The van der Waals surface area contributed by atoms with Gasteiger partial charge in [-0.25, -0.2) is 8.42 Å². The van der Waals surface area contributed by atoms with Crippen LogP contribution in [-0.2, 0) is 14.6 Å². The number of carbonyl (C=O) groups is 1. The molecule has 2 rings (SSSR count). The van der Waals surface area contributed by atoms with Gasteiger partial charge in [-0.05, 0) is 39.2 Å². The molecule has 0 saturated carbocycles. The van der Waals surface area contributed by atoms with E-state index >= 15 is 0 Å². The van der Waals surface area contributed by atoms with Gasteiger partial charge in [0.2, 0.25) is 5.91 Å². The fourth-order valence-electron chi connectivity index (χ4n) is 2.86. The maximum atomic E-state index is 12.2. The Labute approximate surface area is 109 Å². The summed E-state index contributed by atoms with van der Waals surface area (Å²) in [5.74, 6) is 0.354. The molecule has 0 spiro atoms. The first-order valence-electron chi connectivity index (χ1n) is 6.72. The number of nitrogens with zero attached hydrogens (tertiary/aromatic N) is 1. The summed E-state index contributed by atoms with van der Waals surface area (Å²) in [6, 6.07) is -0.142. The number of amides is 1. The Morgan fingerprint density at radius 1 is 1.28 bits per heavy atom. The molecule has 0 bridgehead atoms. The van der Waals surface area contributed by atoms with Gasteiger partial charge in [0.25, 0.3) is 0 Å². The Hall–Kier alpha value is -0.620.